The van der Waals surface area contributed by atoms with Crippen LogP contribution < -0.4 is 0 Å². The molecule has 1 aliphatic heterocycles. The minimum absolute atomic E-state index is 0.361. The van der Waals surface area contributed by atoms with Gasteiger partial charge in [-0.15, -0.1) is 0 Å². The van der Waals surface area contributed by atoms with Gasteiger partial charge in [0.05, 0.1) is 0 Å². The molecule has 0 saturated carbocycles. The zero-order chi connectivity index (χ0) is 10.9. The second kappa shape index (κ2) is 8.12. The number of nitrogens with zero attached hydrogens (tertiary/aromatic N) is 1. The van der Waals surface area contributed by atoms with Crippen LogP contribution in [0.3, 0.4) is 0 Å². The Morgan fingerprint density at radius 2 is 2.07 bits per heavy atom. The van der Waals surface area contributed by atoms with Gasteiger partial charge in [0, 0.05) is 12.6 Å². The molecule has 2 heteroatoms. The lowest BCUT2D eigenvalue weighted by molar-refractivity contribution is 0.213. The molecule has 0 radical (unpaired) electrons. The zero-order valence-corrected chi connectivity index (χ0v) is 10.2. The Bertz CT molecular complexity index is 149. The van der Waals surface area contributed by atoms with Crippen molar-refractivity contribution in [1.82, 2.24) is 4.90 Å². The van der Waals surface area contributed by atoms with Crippen LogP contribution >= 0.6 is 0 Å². The standard InChI is InChI=1S/C13H27NO/c1-2-3-4-5-10-14-11-6-8-13(14)9-7-12-15/h13,15H,2-12H2,1H3. The maximum atomic E-state index is 8.84. The topological polar surface area (TPSA) is 23.5 Å². The first kappa shape index (κ1) is 13.0. The third-order valence-corrected chi connectivity index (χ3v) is 3.49. The van der Waals surface area contributed by atoms with Crippen LogP contribution in [-0.4, -0.2) is 35.7 Å². The molecular formula is C13H27NO. The van der Waals surface area contributed by atoms with Gasteiger partial charge in [0.25, 0.3) is 0 Å². The second-order valence-corrected chi connectivity index (χ2v) is 4.76. The fraction of sp³-hybridized carbons (Fsp3) is 1.00. The van der Waals surface area contributed by atoms with Gasteiger partial charge in [-0.2, -0.15) is 0 Å². The Morgan fingerprint density at radius 1 is 1.20 bits per heavy atom. The van der Waals surface area contributed by atoms with Crippen molar-refractivity contribution >= 4 is 0 Å². The van der Waals surface area contributed by atoms with Crippen molar-refractivity contribution in [3.8, 4) is 0 Å². The van der Waals surface area contributed by atoms with E-state index in [1.807, 2.05) is 0 Å². The molecule has 0 amide bonds. The molecule has 1 atom stereocenters. The van der Waals surface area contributed by atoms with E-state index < -0.39 is 0 Å². The van der Waals surface area contributed by atoms with Crippen molar-refractivity contribution in [3.63, 3.8) is 0 Å². The lowest BCUT2D eigenvalue weighted by Gasteiger charge is -2.24. The lowest BCUT2D eigenvalue weighted by Crippen LogP contribution is -2.30. The molecule has 0 aromatic heterocycles. The molecule has 1 unspecified atom stereocenters. The highest BCUT2D eigenvalue weighted by atomic mass is 16.2. The quantitative estimate of drug-likeness (QED) is 0.627. The van der Waals surface area contributed by atoms with Gasteiger partial charge < -0.3 is 10.0 Å². The summed E-state index contributed by atoms with van der Waals surface area (Å²) in [6, 6.07) is 0.777. The first-order valence-corrected chi connectivity index (χ1v) is 6.73. The minimum atomic E-state index is 0.361. The summed E-state index contributed by atoms with van der Waals surface area (Å²) in [7, 11) is 0. The smallest absolute Gasteiger partial charge is 0.0431 e. The SMILES string of the molecule is CCCCCCN1CCCC1CCCO. The summed E-state index contributed by atoms with van der Waals surface area (Å²) >= 11 is 0. The average molecular weight is 213 g/mol. The molecule has 1 saturated heterocycles. The molecule has 0 spiro atoms. The molecule has 2 nitrogen and oxygen atoms in total. The maximum Gasteiger partial charge on any atom is 0.0431 e. The Kier molecular flexibility index (Phi) is 7.03. The van der Waals surface area contributed by atoms with Gasteiger partial charge in [-0.05, 0) is 45.2 Å². The molecule has 1 aliphatic rings. The zero-order valence-electron chi connectivity index (χ0n) is 10.2. The third kappa shape index (κ3) is 4.98. The molecule has 0 aliphatic carbocycles. The van der Waals surface area contributed by atoms with E-state index in [4.69, 9.17) is 5.11 Å². The van der Waals surface area contributed by atoms with E-state index in [-0.39, 0.29) is 0 Å². The molecular weight excluding hydrogens is 186 g/mol. The first-order valence-electron chi connectivity index (χ1n) is 6.73. The predicted octanol–water partition coefficient (Wildman–Crippen LogP) is 2.80. The van der Waals surface area contributed by atoms with E-state index in [9.17, 15) is 0 Å². The number of hydrogen-bond acceptors (Lipinski definition) is 2. The Balaban J connectivity index is 2.09. The summed E-state index contributed by atoms with van der Waals surface area (Å²) in [6.45, 7) is 5.21. The molecule has 90 valence electrons. The molecule has 1 heterocycles. The Morgan fingerprint density at radius 3 is 2.80 bits per heavy atom. The van der Waals surface area contributed by atoms with E-state index in [2.05, 4.69) is 11.8 Å². The fourth-order valence-electron chi connectivity index (χ4n) is 2.59. The van der Waals surface area contributed by atoms with Gasteiger partial charge in [-0.1, -0.05) is 26.2 Å². The van der Waals surface area contributed by atoms with Crippen molar-refractivity contribution in [1.29, 1.82) is 0 Å². The van der Waals surface area contributed by atoms with Gasteiger partial charge in [-0.25, -0.2) is 0 Å². The van der Waals surface area contributed by atoms with Crippen LogP contribution in [0.15, 0.2) is 0 Å². The number of hydrogen-bond donors (Lipinski definition) is 1. The van der Waals surface area contributed by atoms with E-state index in [1.165, 1.54) is 58.0 Å². The van der Waals surface area contributed by atoms with Crippen LogP contribution in [0, 0.1) is 0 Å². The third-order valence-electron chi connectivity index (χ3n) is 3.49. The Hall–Kier alpha value is -0.0800. The van der Waals surface area contributed by atoms with Crippen LogP contribution in [0.5, 0.6) is 0 Å². The minimum Gasteiger partial charge on any atom is -0.396 e. The fourth-order valence-corrected chi connectivity index (χ4v) is 2.59. The van der Waals surface area contributed by atoms with Crippen LogP contribution in [0.25, 0.3) is 0 Å². The molecule has 1 rings (SSSR count). The van der Waals surface area contributed by atoms with Crippen molar-refractivity contribution in [3.05, 3.63) is 0 Å². The highest BCUT2D eigenvalue weighted by Gasteiger charge is 2.22. The number of aliphatic hydroxyl groups excluding tert-OH is 1. The molecule has 1 fully saturated rings. The summed E-state index contributed by atoms with van der Waals surface area (Å²) < 4.78 is 0. The highest BCUT2D eigenvalue weighted by molar-refractivity contribution is 4.78. The van der Waals surface area contributed by atoms with Crippen LogP contribution in [-0.2, 0) is 0 Å². The average Bonchev–Trinajstić information content (AvgIpc) is 2.69. The van der Waals surface area contributed by atoms with Gasteiger partial charge in [-0.3, -0.25) is 0 Å². The molecule has 1 N–H and O–H groups in total. The summed E-state index contributed by atoms with van der Waals surface area (Å²) in [5.74, 6) is 0. The maximum absolute atomic E-state index is 8.84. The molecule has 15 heavy (non-hydrogen) atoms. The molecule has 0 bridgehead atoms. The van der Waals surface area contributed by atoms with Gasteiger partial charge >= 0.3 is 0 Å². The molecule has 0 aromatic rings. The number of likely N-dealkylation sites (tertiary alicyclic amines) is 1. The van der Waals surface area contributed by atoms with Crippen molar-refractivity contribution in [2.75, 3.05) is 19.7 Å². The number of aliphatic hydroxyl groups is 1. The lowest BCUT2D eigenvalue weighted by atomic mass is 10.1. The normalized spacial score (nSPS) is 22.4. The van der Waals surface area contributed by atoms with E-state index in [1.54, 1.807) is 0 Å². The van der Waals surface area contributed by atoms with Gasteiger partial charge in [0.1, 0.15) is 0 Å². The molecule has 0 aromatic carbocycles. The van der Waals surface area contributed by atoms with Gasteiger partial charge in [0.2, 0.25) is 0 Å². The van der Waals surface area contributed by atoms with Crippen LogP contribution in [0.4, 0.5) is 0 Å². The van der Waals surface area contributed by atoms with Gasteiger partial charge in [0.15, 0.2) is 0 Å². The van der Waals surface area contributed by atoms with E-state index >= 15 is 0 Å². The monoisotopic (exact) mass is 213 g/mol. The summed E-state index contributed by atoms with van der Waals surface area (Å²) in [5, 5.41) is 8.84. The second-order valence-electron chi connectivity index (χ2n) is 4.76. The van der Waals surface area contributed by atoms with Crippen LogP contribution in [0.1, 0.15) is 58.3 Å². The van der Waals surface area contributed by atoms with E-state index in [0.717, 1.165) is 12.5 Å². The number of unbranched alkanes of at least 4 members (excludes halogenated alkanes) is 3. The van der Waals surface area contributed by atoms with Crippen LogP contribution in [0.2, 0.25) is 0 Å². The van der Waals surface area contributed by atoms with E-state index in [0.29, 0.717) is 6.61 Å². The summed E-state index contributed by atoms with van der Waals surface area (Å²) in [5.41, 5.74) is 0. The van der Waals surface area contributed by atoms with Crippen molar-refractivity contribution in [2.24, 2.45) is 0 Å². The number of rotatable bonds is 8. The van der Waals surface area contributed by atoms with Crippen molar-refractivity contribution in [2.45, 2.75) is 64.3 Å². The predicted molar refractivity (Wildman–Crippen MR) is 65.1 cm³/mol. The summed E-state index contributed by atoms with van der Waals surface area (Å²) in [6.07, 6.45) is 10.4. The first-order chi connectivity index (χ1) is 7.38. The van der Waals surface area contributed by atoms with Crippen molar-refractivity contribution < 1.29 is 5.11 Å². The Labute approximate surface area is 94.7 Å². The summed E-state index contributed by atoms with van der Waals surface area (Å²) in [4.78, 5) is 2.64. The highest BCUT2D eigenvalue weighted by Crippen LogP contribution is 2.21. The largest absolute Gasteiger partial charge is 0.396 e.